The van der Waals surface area contributed by atoms with E-state index < -0.39 is 5.97 Å². The Balaban J connectivity index is 2.41. The average molecular weight is 206 g/mol. The number of imidazole rings is 1. The van der Waals surface area contributed by atoms with Crippen molar-refractivity contribution in [3.63, 3.8) is 0 Å². The van der Waals surface area contributed by atoms with Crippen LogP contribution in [0.5, 0.6) is 0 Å². The minimum absolute atomic E-state index is 0.0654. The minimum atomic E-state index is -1.02. The van der Waals surface area contributed by atoms with Crippen molar-refractivity contribution in [3.8, 4) is 11.5 Å². The van der Waals surface area contributed by atoms with E-state index in [9.17, 15) is 4.79 Å². The Morgan fingerprint density at radius 1 is 1.67 bits per heavy atom. The lowest BCUT2D eigenvalue weighted by molar-refractivity contribution is 0.0690. The maximum atomic E-state index is 10.6. The van der Waals surface area contributed by atoms with Gasteiger partial charge >= 0.3 is 5.97 Å². The van der Waals surface area contributed by atoms with Gasteiger partial charge in [0.1, 0.15) is 11.4 Å². The molecule has 2 rings (SSSR count). The van der Waals surface area contributed by atoms with E-state index in [4.69, 9.17) is 5.11 Å². The summed E-state index contributed by atoms with van der Waals surface area (Å²) in [5.74, 6) is -0.357. The molecule has 0 fully saturated rings. The first kappa shape index (κ1) is 9.45. The van der Waals surface area contributed by atoms with Crippen LogP contribution in [0.2, 0.25) is 0 Å². The Morgan fingerprint density at radius 2 is 2.47 bits per heavy atom. The molecule has 15 heavy (non-hydrogen) atoms. The molecule has 0 atom stereocenters. The van der Waals surface area contributed by atoms with Gasteiger partial charge in [-0.1, -0.05) is 0 Å². The van der Waals surface area contributed by atoms with Crippen LogP contribution in [-0.4, -0.2) is 30.8 Å². The van der Waals surface area contributed by atoms with E-state index in [2.05, 4.69) is 15.2 Å². The first-order valence-corrected chi connectivity index (χ1v) is 4.52. The van der Waals surface area contributed by atoms with Crippen molar-refractivity contribution in [1.29, 1.82) is 0 Å². The fourth-order valence-electron chi connectivity index (χ4n) is 1.34. The zero-order valence-corrected chi connectivity index (χ0v) is 8.14. The summed E-state index contributed by atoms with van der Waals surface area (Å²) >= 11 is 0. The summed E-state index contributed by atoms with van der Waals surface area (Å²) in [5, 5.41) is 15.1. The summed E-state index contributed by atoms with van der Waals surface area (Å²) in [6.07, 6.45) is 3.48. The van der Waals surface area contributed by atoms with Crippen LogP contribution in [0.4, 0.5) is 0 Å². The predicted octanol–water partition coefficient (Wildman–Crippen LogP) is 0.991. The Bertz CT molecular complexity index is 486. The van der Waals surface area contributed by atoms with Crippen LogP contribution in [0.25, 0.3) is 11.5 Å². The second kappa shape index (κ2) is 3.56. The number of hydrogen-bond donors (Lipinski definition) is 2. The highest BCUT2D eigenvalue weighted by molar-refractivity contribution is 5.86. The maximum Gasteiger partial charge on any atom is 0.353 e. The molecule has 0 bridgehead atoms. The number of aromatic nitrogens is 4. The number of rotatable bonds is 3. The van der Waals surface area contributed by atoms with E-state index in [0.717, 1.165) is 6.54 Å². The van der Waals surface area contributed by atoms with Gasteiger partial charge in [0.2, 0.25) is 0 Å². The van der Waals surface area contributed by atoms with Gasteiger partial charge in [0.15, 0.2) is 5.82 Å². The van der Waals surface area contributed by atoms with Gasteiger partial charge in [-0.05, 0) is 6.92 Å². The topological polar surface area (TPSA) is 83.8 Å². The van der Waals surface area contributed by atoms with Gasteiger partial charge in [0, 0.05) is 25.0 Å². The van der Waals surface area contributed by atoms with Crippen LogP contribution in [0, 0.1) is 0 Å². The van der Waals surface area contributed by atoms with E-state index in [1.165, 1.54) is 6.07 Å². The largest absolute Gasteiger partial charge is 0.477 e. The smallest absolute Gasteiger partial charge is 0.353 e. The molecule has 2 aromatic heterocycles. The van der Waals surface area contributed by atoms with Gasteiger partial charge in [-0.3, -0.25) is 5.10 Å². The molecule has 6 heteroatoms. The summed E-state index contributed by atoms with van der Waals surface area (Å²) in [6.45, 7) is 2.75. The molecule has 0 aliphatic heterocycles. The molecule has 0 saturated heterocycles. The van der Waals surface area contributed by atoms with Gasteiger partial charge in [-0.15, -0.1) is 0 Å². The van der Waals surface area contributed by atoms with Crippen LogP contribution < -0.4 is 0 Å². The van der Waals surface area contributed by atoms with E-state index in [0.29, 0.717) is 11.5 Å². The highest BCUT2D eigenvalue weighted by Gasteiger charge is 2.12. The third-order valence-electron chi connectivity index (χ3n) is 2.09. The predicted molar refractivity (Wildman–Crippen MR) is 52.4 cm³/mol. The van der Waals surface area contributed by atoms with E-state index in [-0.39, 0.29) is 5.69 Å². The third-order valence-corrected chi connectivity index (χ3v) is 2.09. The molecule has 0 saturated carbocycles. The van der Waals surface area contributed by atoms with Crippen LogP contribution in [0.3, 0.4) is 0 Å². The summed E-state index contributed by atoms with van der Waals surface area (Å²) in [7, 11) is 0. The lowest BCUT2D eigenvalue weighted by atomic mass is 10.3. The van der Waals surface area contributed by atoms with E-state index >= 15 is 0 Å². The third kappa shape index (κ3) is 1.61. The molecule has 2 heterocycles. The number of nitrogens with one attached hydrogen (secondary N) is 1. The molecule has 0 aliphatic rings. The number of H-pyrrole nitrogens is 1. The molecule has 0 radical (unpaired) electrons. The molecule has 6 nitrogen and oxygen atoms in total. The minimum Gasteiger partial charge on any atom is -0.477 e. The second-order valence-corrected chi connectivity index (χ2v) is 3.01. The summed E-state index contributed by atoms with van der Waals surface area (Å²) in [5.41, 5.74) is 0.606. The van der Waals surface area contributed by atoms with Crippen LogP contribution in [0.1, 0.15) is 17.4 Å². The molecule has 78 valence electrons. The molecular weight excluding hydrogens is 196 g/mol. The first-order valence-electron chi connectivity index (χ1n) is 4.52. The molecule has 2 N–H and O–H groups in total. The number of carboxylic acids is 1. The number of carboxylic acid groups (broad SMARTS) is 1. The fraction of sp³-hybridized carbons (Fsp3) is 0.222. The molecule has 0 spiro atoms. The Labute approximate surface area is 85.6 Å². The Hall–Kier alpha value is -2.11. The van der Waals surface area contributed by atoms with Crippen molar-refractivity contribution in [1.82, 2.24) is 19.7 Å². The monoisotopic (exact) mass is 206 g/mol. The summed E-state index contributed by atoms with van der Waals surface area (Å²) in [4.78, 5) is 14.8. The molecule has 0 unspecified atom stereocenters. The SMILES string of the molecule is CCn1ccnc1-c1cc(C(=O)O)[nH]n1. The summed E-state index contributed by atoms with van der Waals surface area (Å²) < 4.78 is 1.89. The van der Waals surface area contributed by atoms with E-state index in [1.54, 1.807) is 6.20 Å². The van der Waals surface area contributed by atoms with Gasteiger partial charge in [-0.25, -0.2) is 9.78 Å². The number of hydrogen-bond acceptors (Lipinski definition) is 3. The number of nitrogens with zero attached hydrogens (tertiary/aromatic N) is 3. The number of aromatic carboxylic acids is 1. The Kier molecular flexibility index (Phi) is 2.24. The second-order valence-electron chi connectivity index (χ2n) is 3.01. The maximum absolute atomic E-state index is 10.6. The van der Waals surface area contributed by atoms with Gasteiger partial charge < -0.3 is 9.67 Å². The van der Waals surface area contributed by atoms with Crippen LogP contribution in [0.15, 0.2) is 18.5 Å². The lowest BCUT2D eigenvalue weighted by Crippen LogP contribution is -1.96. The van der Waals surface area contributed by atoms with Crippen molar-refractivity contribution in [3.05, 3.63) is 24.2 Å². The van der Waals surface area contributed by atoms with Crippen LogP contribution in [-0.2, 0) is 6.54 Å². The van der Waals surface area contributed by atoms with Crippen molar-refractivity contribution >= 4 is 5.97 Å². The standard InChI is InChI=1S/C9H10N4O2/c1-2-13-4-3-10-8(13)6-5-7(9(14)15)12-11-6/h3-5H,2H2,1H3,(H,11,12)(H,14,15). The van der Waals surface area contributed by atoms with Crippen molar-refractivity contribution in [2.75, 3.05) is 0 Å². The molecule has 0 aromatic carbocycles. The quantitative estimate of drug-likeness (QED) is 0.784. The van der Waals surface area contributed by atoms with Gasteiger partial charge in [-0.2, -0.15) is 5.10 Å². The molecule has 0 aliphatic carbocycles. The number of aromatic amines is 1. The van der Waals surface area contributed by atoms with Gasteiger partial charge in [0.25, 0.3) is 0 Å². The van der Waals surface area contributed by atoms with Crippen molar-refractivity contribution in [2.45, 2.75) is 13.5 Å². The highest BCUT2D eigenvalue weighted by atomic mass is 16.4. The van der Waals surface area contributed by atoms with Crippen molar-refractivity contribution in [2.24, 2.45) is 0 Å². The number of aryl methyl sites for hydroxylation is 1. The Morgan fingerprint density at radius 3 is 3.07 bits per heavy atom. The van der Waals surface area contributed by atoms with E-state index in [1.807, 2.05) is 17.7 Å². The normalized spacial score (nSPS) is 10.5. The van der Waals surface area contributed by atoms with Crippen LogP contribution >= 0.6 is 0 Å². The molecular formula is C9H10N4O2. The van der Waals surface area contributed by atoms with Gasteiger partial charge in [0.05, 0.1) is 0 Å². The molecule has 0 amide bonds. The average Bonchev–Trinajstić information content (AvgIpc) is 2.85. The zero-order valence-electron chi connectivity index (χ0n) is 8.14. The fourth-order valence-corrected chi connectivity index (χ4v) is 1.34. The molecule has 2 aromatic rings. The lowest BCUT2D eigenvalue weighted by Gasteiger charge is -1.99. The number of carbonyl (C=O) groups is 1. The zero-order chi connectivity index (χ0) is 10.8. The highest BCUT2D eigenvalue weighted by Crippen LogP contribution is 2.15. The first-order chi connectivity index (χ1) is 7.22. The van der Waals surface area contributed by atoms with Crippen molar-refractivity contribution < 1.29 is 9.90 Å². The summed E-state index contributed by atoms with van der Waals surface area (Å²) in [6, 6.07) is 1.47.